The van der Waals surface area contributed by atoms with E-state index in [0.29, 0.717) is 17.7 Å². The Morgan fingerprint density at radius 2 is 2.13 bits per heavy atom. The van der Waals surface area contributed by atoms with E-state index in [0.717, 1.165) is 24.9 Å². The van der Waals surface area contributed by atoms with Crippen LogP contribution in [0.2, 0.25) is 0 Å². The van der Waals surface area contributed by atoms with Crippen LogP contribution in [0.4, 0.5) is 5.69 Å². The summed E-state index contributed by atoms with van der Waals surface area (Å²) >= 11 is 0. The largest absolute Gasteiger partial charge is 0.395 e. The zero-order valence-corrected chi connectivity index (χ0v) is 14.3. The van der Waals surface area contributed by atoms with E-state index in [1.54, 1.807) is 13.2 Å². The Balaban J connectivity index is 2.07. The third-order valence-electron chi connectivity index (χ3n) is 5.25. The lowest BCUT2D eigenvalue weighted by Gasteiger charge is -2.55. The molecule has 0 aromatic heterocycles. The van der Waals surface area contributed by atoms with Crippen molar-refractivity contribution in [3.63, 3.8) is 0 Å². The van der Waals surface area contributed by atoms with Gasteiger partial charge in [-0.1, -0.05) is 19.9 Å². The average Bonchev–Trinajstić information content (AvgIpc) is 2.57. The molecule has 1 aromatic rings. The zero-order chi connectivity index (χ0) is 16.9. The van der Waals surface area contributed by atoms with Gasteiger partial charge in [0.15, 0.2) is 0 Å². The molecule has 5 nitrogen and oxygen atoms in total. The molecule has 1 amide bonds. The summed E-state index contributed by atoms with van der Waals surface area (Å²) in [6, 6.07) is 7.87. The van der Waals surface area contributed by atoms with Crippen LogP contribution in [0.25, 0.3) is 0 Å². The number of methoxy groups -OCH3 is 1. The maximum absolute atomic E-state index is 12.0. The number of benzene rings is 1. The van der Waals surface area contributed by atoms with Crippen LogP contribution >= 0.6 is 0 Å². The van der Waals surface area contributed by atoms with Crippen molar-refractivity contribution in [3.05, 3.63) is 29.8 Å². The van der Waals surface area contributed by atoms with E-state index >= 15 is 0 Å². The number of aliphatic hydroxyl groups excluding tert-OH is 1. The maximum atomic E-state index is 12.0. The second-order valence-electron chi connectivity index (χ2n) is 6.16. The van der Waals surface area contributed by atoms with E-state index in [-0.39, 0.29) is 24.5 Å². The minimum Gasteiger partial charge on any atom is -0.395 e. The van der Waals surface area contributed by atoms with Crippen LogP contribution < -0.4 is 10.6 Å². The number of rotatable bonds is 8. The number of anilines is 1. The van der Waals surface area contributed by atoms with Gasteiger partial charge in [-0.15, -0.1) is 0 Å². The molecule has 23 heavy (non-hydrogen) atoms. The quantitative estimate of drug-likeness (QED) is 0.688. The van der Waals surface area contributed by atoms with Gasteiger partial charge >= 0.3 is 0 Å². The molecular weight excluding hydrogens is 292 g/mol. The molecule has 0 heterocycles. The van der Waals surface area contributed by atoms with E-state index in [2.05, 4.69) is 24.5 Å². The first-order chi connectivity index (χ1) is 11.1. The fraction of sp³-hybridized carbons (Fsp3) is 0.611. The second-order valence-corrected chi connectivity index (χ2v) is 6.16. The van der Waals surface area contributed by atoms with Crippen LogP contribution in [0.1, 0.15) is 43.5 Å². The molecule has 1 aliphatic rings. The van der Waals surface area contributed by atoms with Crippen molar-refractivity contribution in [1.82, 2.24) is 5.32 Å². The summed E-state index contributed by atoms with van der Waals surface area (Å²) in [6.45, 7) is 4.63. The molecule has 3 N–H and O–H groups in total. The summed E-state index contributed by atoms with van der Waals surface area (Å²) in [4.78, 5) is 12.0. The molecule has 1 saturated carbocycles. The monoisotopic (exact) mass is 320 g/mol. The minimum absolute atomic E-state index is 0.0559. The Bertz CT molecular complexity index is 529. The van der Waals surface area contributed by atoms with Crippen molar-refractivity contribution in [3.8, 4) is 0 Å². The molecule has 0 bridgehead atoms. The van der Waals surface area contributed by atoms with Crippen molar-refractivity contribution in [2.75, 3.05) is 25.6 Å². The third kappa shape index (κ3) is 3.51. The van der Waals surface area contributed by atoms with Gasteiger partial charge in [0.1, 0.15) is 0 Å². The lowest BCUT2D eigenvalue weighted by atomic mass is 9.58. The van der Waals surface area contributed by atoms with Gasteiger partial charge in [-0.05, 0) is 37.5 Å². The number of ether oxygens (including phenoxy) is 1. The first-order valence-electron chi connectivity index (χ1n) is 8.39. The molecule has 0 radical (unpaired) electrons. The van der Waals surface area contributed by atoms with E-state index in [1.807, 2.05) is 18.2 Å². The summed E-state index contributed by atoms with van der Waals surface area (Å²) in [5.74, 6) is -0.164. The molecule has 0 aliphatic heterocycles. The Morgan fingerprint density at radius 1 is 1.39 bits per heavy atom. The molecule has 0 spiro atoms. The highest BCUT2D eigenvalue weighted by atomic mass is 16.5. The number of amides is 1. The highest BCUT2D eigenvalue weighted by molar-refractivity contribution is 5.95. The highest BCUT2D eigenvalue weighted by Gasteiger charge is 2.52. The molecule has 1 aliphatic carbocycles. The predicted octanol–water partition coefficient (Wildman–Crippen LogP) is 2.41. The zero-order valence-electron chi connectivity index (χ0n) is 14.3. The average molecular weight is 320 g/mol. The van der Waals surface area contributed by atoms with Gasteiger partial charge in [-0.25, -0.2) is 0 Å². The van der Waals surface area contributed by atoms with Gasteiger partial charge < -0.3 is 20.5 Å². The van der Waals surface area contributed by atoms with Crippen molar-refractivity contribution < 1.29 is 14.6 Å². The van der Waals surface area contributed by atoms with Crippen molar-refractivity contribution in [2.24, 2.45) is 5.41 Å². The van der Waals surface area contributed by atoms with E-state index in [1.165, 1.54) is 0 Å². The van der Waals surface area contributed by atoms with Crippen molar-refractivity contribution in [1.29, 1.82) is 0 Å². The van der Waals surface area contributed by atoms with Gasteiger partial charge in [-0.3, -0.25) is 4.79 Å². The Labute approximate surface area is 138 Å². The first kappa shape index (κ1) is 17.8. The number of hydrogen-bond acceptors (Lipinski definition) is 4. The van der Waals surface area contributed by atoms with Crippen LogP contribution in [0.5, 0.6) is 0 Å². The Morgan fingerprint density at radius 3 is 2.74 bits per heavy atom. The summed E-state index contributed by atoms with van der Waals surface area (Å²) < 4.78 is 5.63. The number of nitrogens with one attached hydrogen (secondary N) is 2. The number of carbonyl (C=O) groups excluding carboxylic acids is 1. The van der Waals surface area contributed by atoms with Gasteiger partial charge in [0.2, 0.25) is 0 Å². The maximum Gasteiger partial charge on any atom is 0.251 e. The standard InChI is InChI=1S/C18H28N2O3/c1-4-18(5-2)15(12-16(18)23-3)20-14-8-6-7-13(11-14)17(22)19-9-10-21/h6-8,11,15-16,20-21H,4-5,9-10,12H2,1-3H3,(H,19,22). The fourth-order valence-corrected chi connectivity index (χ4v) is 3.70. The number of carbonyl (C=O) groups is 1. The van der Waals surface area contributed by atoms with Crippen LogP contribution in [-0.2, 0) is 4.74 Å². The molecule has 1 fully saturated rings. The first-order valence-corrected chi connectivity index (χ1v) is 8.39. The summed E-state index contributed by atoms with van der Waals surface area (Å²) in [5, 5.41) is 15.0. The van der Waals surface area contributed by atoms with Crippen LogP contribution in [0.15, 0.2) is 24.3 Å². The van der Waals surface area contributed by atoms with Crippen LogP contribution in [0, 0.1) is 5.41 Å². The molecule has 2 atom stereocenters. The lowest BCUT2D eigenvalue weighted by molar-refractivity contribution is -0.106. The third-order valence-corrected chi connectivity index (χ3v) is 5.25. The smallest absolute Gasteiger partial charge is 0.251 e. The van der Waals surface area contributed by atoms with Crippen LogP contribution in [-0.4, -0.2) is 43.4 Å². The lowest BCUT2D eigenvalue weighted by Crippen LogP contribution is -2.60. The highest BCUT2D eigenvalue weighted by Crippen LogP contribution is 2.49. The van der Waals surface area contributed by atoms with E-state index in [4.69, 9.17) is 9.84 Å². The molecule has 2 unspecified atom stereocenters. The molecular formula is C18H28N2O3. The van der Waals surface area contributed by atoms with Gasteiger partial charge in [0.05, 0.1) is 12.7 Å². The van der Waals surface area contributed by atoms with Crippen molar-refractivity contribution >= 4 is 11.6 Å². The summed E-state index contributed by atoms with van der Waals surface area (Å²) in [5.41, 5.74) is 1.71. The number of aliphatic hydroxyl groups is 1. The molecule has 2 rings (SSSR count). The SMILES string of the molecule is CCC1(CC)C(Nc2cccc(C(=O)NCCO)c2)CC1OC. The van der Waals surface area contributed by atoms with Crippen LogP contribution in [0.3, 0.4) is 0 Å². The summed E-state index contributed by atoms with van der Waals surface area (Å²) in [6.07, 6.45) is 3.41. The van der Waals surface area contributed by atoms with E-state index < -0.39 is 0 Å². The Hall–Kier alpha value is -1.59. The normalized spacial score (nSPS) is 22.3. The summed E-state index contributed by atoms with van der Waals surface area (Å²) in [7, 11) is 1.78. The van der Waals surface area contributed by atoms with E-state index in [9.17, 15) is 4.79 Å². The Kier molecular flexibility index (Phi) is 6.02. The second kappa shape index (κ2) is 7.79. The topological polar surface area (TPSA) is 70.6 Å². The fourth-order valence-electron chi connectivity index (χ4n) is 3.70. The molecule has 0 saturated heterocycles. The number of hydrogen-bond donors (Lipinski definition) is 3. The molecule has 128 valence electrons. The van der Waals surface area contributed by atoms with Crippen molar-refractivity contribution in [2.45, 2.75) is 45.3 Å². The van der Waals surface area contributed by atoms with Gasteiger partial charge in [0.25, 0.3) is 5.91 Å². The predicted molar refractivity (Wildman–Crippen MR) is 91.7 cm³/mol. The molecule has 1 aromatic carbocycles. The minimum atomic E-state index is -0.164. The van der Waals surface area contributed by atoms with Gasteiger partial charge in [-0.2, -0.15) is 0 Å². The van der Waals surface area contributed by atoms with Gasteiger partial charge in [0, 0.05) is 36.4 Å². The molecule has 5 heteroatoms.